The minimum Gasteiger partial charge on any atom is -0.409 e. The quantitative estimate of drug-likeness (QED) is 0.258. The van der Waals surface area contributed by atoms with Gasteiger partial charge in [-0.3, -0.25) is 0 Å². The van der Waals surface area contributed by atoms with Gasteiger partial charge in [0.1, 0.15) is 5.84 Å². The van der Waals surface area contributed by atoms with E-state index in [4.69, 9.17) is 10.9 Å². The molecule has 0 aromatic carbocycles. The van der Waals surface area contributed by atoms with Crippen molar-refractivity contribution in [3.05, 3.63) is 0 Å². The zero-order chi connectivity index (χ0) is 15.3. The van der Waals surface area contributed by atoms with Crippen molar-refractivity contribution >= 4 is 5.84 Å². The summed E-state index contributed by atoms with van der Waals surface area (Å²) in [4.78, 5) is 2.63. The SMILES string of the molecule is CC1CC(C)C(C)N(CCCCC(C)(C)C(N)=NO)C1. The second-order valence-corrected chi connectivity index (χ2v) is 7.38. The molecular weight excluding hydrogens is 250 g/mol. The molecule has 3 N–H and O–H groups in total. The maximum atomic E-state index is 8.78. The van der Waals surface area contributed by atoms with Gasteiger partial charge in [0.25, 0.3) is 0 Å². The molecule has 0 aromatic heterocycles. The van der Waals surface area contributed by atoms with Crippen molar-refractivity contribution in [2.24, 2.45) is 28.1 Å². The molecule has 1 aliphatic rings. The van der Waals surface area contributed by atoms with Gasteiger partial charge in [-0.05, 0) is 44.6 Å². The summed E-state index contributed by atoms with van der Waals surface area (Å²) in [5.74, 6) is 1.95. The van der Waals surface area contributed by atoms with Crippen molar-refractivity contribution in [1.82, 2.24) is 4.90 Å². The van der Waals surface area contributed by atoms with Gasteiger partial charge in [-0.1, -0.05) is 39.3 Å². The first kappa shape index (κ1) is 17.3. The maximum Gasteiger partial charge on any atom is 0.144 e. The van der Waals surface area contributed by atoms with E-state index in [0.717, 1.165) is 24.7 Å². The molecule has 0 amide bonds. The van der Waals surface area contributed by atoms with Crippen LogP contribution in [0, 0.1) is 17.3 Å². The molecule has 1 saturated heterocycles. The first-order chi connectivity index (χ1) is 9.27. The number of amidine groups is 1. The van der Waals surface area contributed by atoms with Crippen LogP contribution >= 0.6 is 0 Å². The zero-order valence-corrected chi connectivity index (χ0v) is 13.9. The summed E-state index contributed by atoms with van der Waals surface area (Å²) >= 11 is 0. The molecule has 1 aliphatic heterocycles. The largest absolute Gasteiger partial charge is 0.409 e. The molecule has 1 heterocycles. The number of likely N-dealkylation sites (tertiary alicyclic amines) is 1. The van der Waals surface area contributed by atoms with Gasteiger partial charge in [0.2, 0.25) is 0 Å². The Morgan fingerprint density at radius 2 is 1.95 bits per heavy atom. The number of piperidine rings is 1. The second-order valence-electron chi connectivity index (χ2n) is 7.38. The van der Waals surface area contributed by atoms with E-state index in [1.165, 1.54) is 25.9 Å². The molecule has 0 saturated carbocycles. The smallest absolute Gasteiger partial charge is 0.144 e. The monoisotopic (exact) mass is 283 g/mol. The van der Waals surface area contributed by atoms with Crippen LogP contribution in [0.25, 0.3) is 0 Å². The van der Waals surface area contributed by atoms with E-state index in [1.807, 2.05) is 13.8 Å². The topological polar surface area (TPSA) is 61.8 Å². The number of nitrogens with two attached hydrogens (primary N) is 1. The number of hydrogen-bond donors (Lipinski definition) is 2. The fourth-order valence-corrected chi connectivity index (χ4v) is 3.27. The standard InChI is InChI=1S/C16H33N3O/c1-12-10-13(2)14(3)19(11-12)9-7-6-8-16(4,5)15(17)18-20/h12-14,20H,6-11H2,1-5H3,(H2,17,18). The van der Waals surface area contributed by atoms with E-state index in [-0.39, 0.29) is 5.41 Å². The number of unbranched alkanes of at least 4 members (excludes halogenated alkanes) is 1. The van der Waals surface area contributed by atoms with Gasteiger partial charge in [-0.2, -0.15) is 0 Å². The molecule has 3 atom stereocenters. The highest BCUT2D eigenvalue weighted by Gasteiger charge is 2.28. The summed E-state index contributed by atoms with van der Waals surface area (Å²) in [5.41, 5.74) is 5.52. The first-order valence-corrected chi connectivity index (χ1v) is 8.00. The third kappa shape index (κ3) is 4.65. The van der Waals surface area contributed by atoms with Gasteiger partial charge in [-0.25, -0.2) is 0 Å². The van der Waals surface area contributed by atoms with Crippen LogP contribution in [0.4, 0.5) is 0 Å². The van der Waals surface area contributed by atoms with Crippen LogP contribution in [0.3, 0.4) is 0 Å². The van der Waals surface area contributed by atoms with Gasteiger partial charge >= 0.3 is 0 Å². The summed E-state index contributed by atoms with van der Waals surface area (Å²) < 4.78 is 0. The van der Waals surface area contributed by atoms with Crippen LogP contribution in [0.1, 0.15) is 60.3 Å². The van der Waals surface area contributed by atoms with E-state index >= 15 is 0 Å². The van der Waals surface area contributed by atoms with Gasteiger partial charge in [0.15, 0.2) is 0 Å². The lowest BCUT2D eigenvalue weighted by Gasteiger charge is -2.41. The minimum atomic E-state index is -0.206. The number of nitrogens with zero attached hydrogens (tertiary/aromatic N) is 2. The molecule has 1 fully saturated rings. The summed E-state index contributed by atoms with van der Waals surface area (Å²) in [7, 11) is 0. The van der Waals surface area contributed by atoms with Crippen molar-refractivity contribution in [3.63, 3.8) is 0 Å². The van der Waals surface area contributed by atoms with E-state index in [9.17, 15) is 0 Å². The molecule has 0 radical (unpaired) electrons. The third-order valence-electron chi connectivity index (χ3n) is 5.02. The summed E-state index contributed by atoms with van der Waals surface area (Å²) in [5, 5.41) is 11.9. The lowest BCUT2D eigenvalue weighted by Crippen LogP contribution is -2.46. The van der Waals surface area contributed by atoms with Gasteiger partial charge in [-0.15, -0.1) is 0 Å². The van der Waals surface area contributed by atoms with Gasteiger partial charge in [0, 0.05) is 18.0 Å². The molecule has 4 heteroatoms. The Morgan fingerprint density at radius 3 is 2.55 bits per heavy atom. The highest BCUT2D eigenvalue weighted by Crippen LogP contribution is 2.28. The van der Waals surface area contributed by atoms with Crippen molar-refractivity contribution in [3.8, 4) is 0 Å². The lowest BCUT2D eigenvalue weighted by molar-refractivity contribution is 0.0776. The molecule has 3 unspecified atom stereocenters. The van der Waals surface area contributed by atoms with Crippen LogP contribution in [0.2, 0.25) is 0 Å². The van der Waals surface area contributed by atoms with Gasteiger partial charge < -0.3 is 15.8 Å². The Labute approximate surface area is 124 Å². The summed E-state index contributed by atoms with van der Waals surface area (Å²) in [6, 6.07) is 0.697. The van der Waals surface area contributed by atoms with Crippen LogP contribution in [-0.4, -0.2) is 35.1 Å². The average molecular weight is 283 g/mol. The predicted molar refractivity (Wildman–Crippen MR) is 85.0 cm³/mol. The lowest BCUT2D eigenvalue weighted by atomic mass is 9.84. The van der Waals surface area contributed by atoms with Crippen molar-refractivity contribution in [2.75, 3.05) is 13.1 Å². The summed E-state index contributed by atoms with van der Waals surface area (Å²) in [6.45, 7) is 13.6. The van der Waals surface area contributed by atoms with Crippen molar-refractivity contribution < 1.29 is 5.21 Å². The van der Waals surface area contributed by atoms with E-state index in [0.29, 0.717) is 11.9 Å². The highest BCUT2D eigenvalue weighted by molar-refractivity contribution is 5.85. The molecule has 0 aliphatic carbocycles. The normalized spacial score (nSPS) is 29.6. The fourth-order valence-electron chi connectivity index (χ4n) is 3.27. The Kier molecular flexibility index (Phi) is 6.31. The molecule has 0 aromatic rings. The van der Waals surface area contributed by atoms with Crippen LogP contribution < -0.4 is 5.73 Å². The molecule has 118 valence electrons. The van der Waals surface area contributed by atoms with E-state index in [1.54, 1.807) is 0 Å². The Balaban J connectivity index is 2.34. The van der Waals surface area contributed by atoms with Crippen LogP contribution in [0.5, 0.6) is 0 Å². The minimum absolute atomic E-state index is 0.206. The molecule has 4 nitrogen and oxygen atoms in total. The fraction of sp³-hybridized carbons (Fsp3) is 0.938. The molecular formula is C16H33N3O. The first-order valence-electron chi connectivity index (χ1n) is 8.00. The molecule has 1 rings (SSSR count). The van der Waals surface area contributed by atoms with Crippen LogP contribution in [0.15, 0.2) is 5.16 Å². The second kappa shape index (κ2) is 7.30. The molecule has 0 spiro atoms. The number of rotatable bonds is 6. The Morgan fingerprint density at radius 1 is 1.30 bits per heavy atom. The average Bonchev–Trinajstić information content (AvgIpc) is 2.38. The highest BCUT2D eigenvalue weighted by atomic mass is 16.4. The van der Waals surface area contributed by atoms with Crippen molar-refractivity contribution in [1.29, 1.82) is 0 Å². The number of oxime groups is 1. The Bertz CT molecular complexity index is 328. The zero-order valence-electron chi connectivity index (χ0n) is 13.9. The summed E-state index contributed by atoms with van der Waals surface area (Å²) in [6.07, 6.45) is 4.63. The Hall–Kier alpha value is -0.770. The maximum absolute atomic E-state index is 8.78. The van der Waals surface area contributed by atoms with E-state index < -0.39 is 0 Å². The predicted octanol–water partition coefficient (Wildman–Crippen LogP) is 3.30. The third-order valence-corrected chi connectivity index (χ3v) is 5.02. The van der Waals surface area contributed by atoms with Crippen molar-refractivity contribution in [2.45, 2.75) is 66.3 Å². The number of hydrogen-bond acceptors (Lipinski definition) is 3. The van der Waals surface area contributed by atoms with Crippen LogP contribution in [-0.2, 0) is 0 Å². The molecule has 0 bridgehead atoms. The van der Waals surface area contributed by atoms with E-state index in [2.05, 4.69) is 30.8 Å². The molecule has 20 heavy (non-hydrogen) atoms. The van der Waals surface area contributed by atoms with Gasteiger partial charge in [0.05, 0.1) is 0 Å².